The van der Waals surface area contributed by atoms with E-state index >= 15 is 0 Å². The van der Waals surface area contributed by atoms with Crippen LogP contribution in [-0.4, -0.2) is 92.3 Å². The number of nitrogens with two attached hydrogens (primary N) is 2. The minimum Gasteiger partial charge on any atom is -0.480 e. The van der Waals surface area contributed by atoms with E-state index in [0.29, 0.717) is 37.3 Å². The Labute approximate surface area is 200 Å². The molecule has 4 unspecified atom stereocenters. The van der Waals surface area contributed by atoms with Crippen LogP contribution < -0.4 is 22.1 Å². The lowest BCUT2D eigenvalue weighted by atomic mass is 10.1. The Morgan fingerprint density at radius 1 is 1.29 bits per heavy atom. The molecule has 1 saturated heterocycles. The van der Waals surface area contributed by atoms with E-state index in [4.69, 9.17) is 11.5 Å². The SMILES string of the molecule is CSCCC(N)C(=O)N1CCCC1C(=O)NC(Cc1cnc[nH]1)C(=O)NC(CC(N)=O)C(=O)O. The van der Waals surface area contributed by atoms with Gasteiger partial charge in [0.1, 0.15) is 18.1 Å². The van der Waals surface area contributed by atoms with E-state index in [1.807, 2.05) is 6.26 Å². The highest BCUT2D eigenvalue weighted by Crippen LogP contribution is 2.19. The number of primary amides is 1. The lowest BCUT2D eigenvalue weighted by Crippen LogP contribution is -2.57. The number of carbonyl (C=O) groups excluding carboxylic acids is 4. The Kier molecular flexibility index (Phi) is 10.3. The minimum atomic E-state index is -1.55. The number of aromatic nitrogens is 2. The molecule has 4 atom stereocenters. The molecule has 4 amide bonds. The van der Waals surface area contributed by atoms with Crippen molar-refractivity contribution in [1.82, 2.24) is 25.5 Å². The number of H-pyrrole nitrogens is 1. The zero-order valence-corrected chi connectivity index (χ0v) is 19.7. The number of hydrogen-bond acceptors (Lipinski definition) is 8. The number of amides is 4. The quantitative estimate of drug-likeness (QED) is 0.177. The predicted molar refractivity (Wildman–Crippen MR) is 123 cm³/mol. The topological polar surface area (TPSA) is 214 Å². The summed E-state index contributed by atoms with van der Waals surface area (Å²) >= 11 is 1.57. The van der Waals surface area contributed by atoms with Crippen molar-refractivity contribution in [2.24, 2.45) is 11.5 Å². The predicted octanol–water partition coefficient (Wildman–Crippen LogP) is -2.05. The largest absolute Gasteiger partial charge is 0.480 e. The van der Waals surface area contributed by atoms with Crippen LogP contribution in [0.3, 0.4) is 0 Å². The first kappa shape index (κ1) is 27.1. The van der Waals surface area contributed by atoms with Gasteiger partial charge in [-0.15, -0.1) is 0 Å². The summed E-state index contributed by atoms with van der Waals surface area (Å²) in [6.45, 7) is 0.376. The van der Waals surface area contributed by atoms with Gasteiger partial charge >= 0.3 is 5.97 Å². The van der Waals surface area contributed by atoms with Crippen molar-refractivity contribution in [1.29, 1.82) is 0 Å². The Hall–Kier alpha value is -3.13. The van der Waals surface area contributed by atoms with Gasteiger partial charge in [0.25, 0.3) is 0 Å². The zero-order chi connectivity index (χ0) is 25.3. The van der Waals surface area contributed by atoms with Gasteiger partial charge in [-0.2, -0.15) is 11.8 Å². The molecular formula is C20H31N7O6S. The molecule has 8 N–H and O–H groups in total. The normalized spacial score (nSPS) is 18.1. The average Bonchev–Trinajstić information content (AvgIpc) is 3.47. The molecule has 0 saturated carbocycles. The van der Waals surface area contributed by atoms with E-state index in [1.54, 1.807) is 11.8 Å². The first-order valence-electron chi connectivity index (χ1n) is 10.8. The molecule has 1 aliphatic rings. The lowest BCUT2D eigenvalue weighted by molar-refractivity contribution is -0.144. The number of aromatic amines is 1. The van der Waals surface area contributed by atoms with Crippen LogP contribution in [0.5, 0.6) is 0 Å². The molecule has 0 aromatic carbocycles. The Morgan fingerprint density at radius 3 is 2.62 bits per heavy atom. The third kappa shape index (κ3) is 7.73. The van der Waals surface area contributed by atoms with Crippen LogP contribution in [0.2, 0.25) is 0 Å². The molecule has 14 heteroatoms. The first-order valence-corrected chi connectivity index (χ1v) is 12.2. The molecule has 188 valence electrons. The molecule has 1 aromatic heterocycles. The number of nitrogens with one attached hydrogen (secondary N) is 3. The maximum Gasteiger partial charge on any atom is 0.326 e. The molecular weight excluding hydrogens is 466 g/mol. The Balaban J connectivity index is 2.14. The van der Waals surface area contributed by atoms with Crippen molar-refractivity contribution < 1.29 is 29.1 Å². The molecule has 34 heavy (non-hydrogen) atoms. The second-order valence-corrected chi connectivity index (χ2v) is 8.98. The van der Waals surface area contributed by atoms with Gasteiger partial charge in [0.2, 0.25) is 23.6 Å². The number of carboxylic acids is 1. The van der Waals surface area contributed by atoms with Crippen LogP contribution in [0.25, 0.3) is 0 Å². The average molecular weight is 498 g/mol. The number of imidazole rings is 1. The third-order valence-electron chi connectivity index (χ3n) is 5.42. The van der Waals surface area contributed by atoms with Gasteiger partial charge in [-0.25, -0.2) is 9.78 Å². The van der Waals surface area contributed by atoms with Crippen molar-refractivity contribution in [3.63, 3.8) is 0 Å². The van der Waals surface area contributed by atoms with Crippen molar-refractivity contribution in [2.45, 2.75) is 56.3 Å². The van der Waals surface area contributed by atoms with E-state index in [2.05, 4.69) is 20.6 Å². The maximum atomic E-state index is 13.1. The Morgan fingerprint density at radius 2 is 2.03 bits per heavy atom. The van der Waals surface area contributed by atoms with Gasteiger partial charge in [-0.3, -0.25) is 19.2 Å². The fourth-order valence-corrected chi connectivity index (χ4v) is 4.14. The van der Waals surface area contributed by atoms with E-state index in [9.17, 15) is 29.1 Å². The Bertz CT molecular complexity index is 881. The van der Waals surface area contributed by atoms with Gasteiger partial charge < -0.3 is 37.1 Å². The van der Waals surface area contributed by atoms with E-state index < -0.39 is 54.3 Å². The number of nitrogens with zero attached hydrogens (tertiary/aromatic N) is 2. The van der Waals surface area contributed by atoms with Crippen molar-refractivity contribution in [3.8, 4) is 0 Å². The zero-order valence-electron chi connectivity index (χ0n) is 18.9. The number of carboxylic acid groups (broad SMARTS) is 1. The summed E-state index contributed by atoms with van der Waals surface area (Å²) in [4.78, 5) is 69.5. The van der Waals surface area contributed by atoms with Crippen LogP contribution in [0.15, 0.2) is 12.5 Å². The highest BCUT2D eigenvalue weighted by atomic mass is 32.2. The highest BCUT2D eigenvalue weighted by molar-refractivity contribution is 7.98. The van der Waals surface area contributed by atoms with E-state index in [-0.39, 0.29) is 12.3 Å². The highest BCUT2D eigenvalue weighted by Gasteiger charge is 2.38. The molecule has 1 fully saturated rings. The molecule has 0 spiro atoms. The maximum absolute atomic E-state index is 13.1. The third-order valence-corrected chi connectivity index (χ3v) is 6.06. The smallest absolute Gasteiger partial charge is 0.326 e. The summed E-state index contributed by atoms with van der Waals surface area (Å²) in [5.74, 6) is -3.33. The van der Waals surface area contributed by atoms with Crippen LogP contribution in [-0.2, 0) is 30.4 Å². The number of likely N-dealkylation sites (tertiary alicyclic amines) is 1. The van der Waals surface area contributed by atoms with Crippen molar-refractivity contribution in [3.05, 3.63) is 18.2 Å². The summed E-state index contributed by atoms with van der Waals surface area (Å²) in [6.07, 6.45) is 5.63. The number of aliphatic carboxylic acids is 1. The van der Waals surface area contributed by atoms with Crippen LogP contribution in [0.4, 0.5) is 0 Å². The molecule has 2 rings (SSSR count). The van der Waals surface area contributed by atoms with Crippen molar-refractivity contribution in [2.75, 3.05) is 18.6 Å². The molecule has 0 bridgehead atoms. The van der Waals surface area contributed by atoms with Crippen LogP contribution in [0, 0.1) is 0 Å². The fourth-order valence-electron chi connectivity index (χ4n) is 3.65. The van der Waals surface area contributed by atoms with Gasteiger partial charge in [0, 0.05) is 24.9 Å². The molecule has 1 aliphatic heterocycles. The van der Waals surface area contributed by atoms with Gasteiger partial charge in [0.15, 0.2) is 0 Å². The number of hydrogen-bond donors (Lipinski definition) is 6. The summed E-state index contributed by atoms with van der Waals surface area (Å²) in [5, 5.41) is 14.1. The molecule has 0 radical (unpaired) electrons. The molecule has 2 heterocycles. The summed E-state index contributed by atoms with van der Waals surface area (Å²) in [6, 6.07) is -4.27. The second-order valence-electron chi connectivity index (χ2n) is 7.99. The van der Waals surface area contributed by atoms with Crippen molar-refractivity contribution >= 4 is 41.4 Å². The minimum absolute atomic E-state index is 0.0195. The number of carbonyl (C=O) groups is 5. The second kappa shape index (κ2) is 12.9. The molecule has 1 aromatic rings. The van der Waals surface area contributed by atoms with Crippen LogP contribution >= 0.6 is 11.8 Å². The molecule has 13 nitrogen and oxygen atoms in total. The first-order chi connectivity index (χ1) is 16.1. The summed E-state index contributed by atoms with van der Waals surface area (Å²) in [7, 11) is 0. The molecule has 0 aliphatic carbocycles. The van der Waals surface area contributed by atoms with Crippen LogP contribution in [0.1, 0.15) is 31.4 Å². The summed E-state index contributed by atoms with van der Waals surface area (Å²) < 4.78 is 0. The summed E-state index contributed by atoms with van der Waals surface area (Å²) in [5.41, 5.74) is 11.6. The van der Waals surface area contributed by atoms with E-state index in [1.165, 1.54) is 17.4 Å². The number of thioether (sulfide) groups is 1. The number of rotatable bonds is 13. The van der Waals surface area contributed by atoms with Gasteiger partial charge in [-0.05, 0) is 31.3 Å². The fraction of sp³-hybridized carbons (Fsp3) is 0.600. The van der Waals surface area contributed by atoms with E-state index in [0.717, 1.165) is 0 Å². The van der Waals surface area contributed by atoms with Gasteiger partial charge in [-0.1, -0.05) is 0 Å². The monoisotopic (exact) mass is 497 g/mol. The lowest BCUT2D eigenvalue weighted by Gasteiger charge is -2.28. The standard InChI is InChI=1S/C20H31N7O6S/c1-34-6-4-12(21)19(31)27-5-2-3-15(27)18(30)25-13(7-11-9-23-10-24-11)17(29)26-14(20(32)33)8-16(22)28/h9-10,12-15H,2-8,21H2,1H3,(H2,22,28)(H,23,24)(H,25,30)(H,26,29)(H,32,33). The van der Waals surface area contributed by atoms with Gasteiger partial charge in [0.05, 0.1) is 18.8 Å².